The van der Waals surface area contributed by atoms with Crippen molar-refractivity contribution in [3.05, 3.63) is 119 Å². The van der Waals surface area contributed by atoms with Crippen LogP contribution in [-0.2, 0) is 23.5 Å². The second-order valence-electron chi connectivity index (χ2n) is 9.40. The molecule has 0 saturated carbocycles. The zero-order chi connectivity index (χ0) is 25.5. The van der Waals surface area contributed by atoms with Gasteiger partial charge in [-0.15, -0.1) is 22.1 Å². The molecular formula is C34H24FeN4. The zero-order valence-electron chi connectivity index (χ0n) is 21.3. The van der Waals surface area contributed by atoms with E-state index in [4.69, 9.17) is 19.9 Å². The molecule has 0 amide bonds. The van der Waals surface area contributed by atoms with Gasteiger partial charge < -0.3 is 9.97 Å². The number of fused-ring (bicyclic) bond motifs is 8. The Balaban J connectivity index is 0.00000277. The Morgan fingerprint density at radius 1 is 0.564 bits per heavy atom. The molecule has 0 spiro atoms. The van der Waals surface area contributed by atoms with Crippen LogP contribution in [0, 0.1) is 0 Å². The second-order valence-corrected chi connectivity index (χ2v) is 9.40. The van der Waals surface area contributed by atoms with Gasteiger partial charge in [-0.05, 0) is 58.5 Å². The van der Waals surface area contributed by atoms with Crippen LogP contribution in [0.15, 0.2) is 91.0 Å². The Morgan fingerprint density at radius 2 is 1.13 bits per heavy atom. The third-order valence-corrected chi connectivity index (χ3v) is 7.02. The predicted molar refractivity (Wildman–Crippen MR) is 157 cm³/mol. The van der Waals surface area contributed by atoms with E-state index in [2.05, 4.69) is 91.9 Å². The van der Waals surface area contributed by atoms with Crippen molar-refractivity contribution >= 4 is 46.4 Å². The Morgan fingerprint density at radius 3 is 1.82 bits per heavy atom. The first-order valence-corrected chi connectivity index (χ1v) is 12.9. The number of nitrogens with zero attached hydrogens (tertiary/aromatic N) is 4. The summed E-state index contributed by atoms with van der Waals surface area (Å²) < 4.78 is 0. The molecule has 2 aliphatic rings. The van der Waals surface area contributed by atoms with E-state index in [1.807, 2.05) is 30.3 Å². The minimum atomic E-state index is 0. The molecule has 188 valence electrons. The maximum atomic E-state index is 5.12. The van der Waals surface area contributed by atoms with Crippen molar-refractivity contribution in [2.24, 2.45) is 0 Å². The summed E-state index contributed by atoms with van der Waals surface area (Å²) in [5.41, 5.74) is 12.6. The van der Waals surface area contributed by atoms with Crippen molar-refractivity contribution in [3.8, 4) is 22.3 Å². The van der Waals surface area contributed by atoms with Crippen LogP contribution in [0.2, 0.25) is 0 Å². The van der Waals surface area contributed by atoms with E-state index in [1.54, 1.807) is 0 Å². The van der Waals surface area contributed by atoms with Gasteiger partial charge in [0.2, 0.25) is 0 Å². The van der Waals surface area contributed by atoms with E-state index in [9.17, 15) is 0 Å². The van der Waals surface area contributed by atoms with Gasteiger partial charge in [0.1, 0.15) is 0 Å². The summed E-state index contributed by atoms with van der Waals surface area (Å²) in [7, 11) is 0. The van der Waals surface area contributed by atoms with E-state index in [0.717, 1.165) is 79.1 Å². The minimum Gasteiger partial charge on any atom is -0.657 e. The van der Waals surface area contributed by atoms with Gasteiger partial charge in [-0.2, -0.15) is 0 Å². The number of rotatable bonds is 3. The molecule has 4 nitrogen and oxygen atoms in total. The topological polar surface area (TPSA) is 54.0 Å². The second kappa shape index (κ2) is 10.4. The molecule has 5 aromatic rings. The molecule has 0 fully saturated rings. The van der Waals surface area contributed by atoms with Gasteiger partial charge >= 0.3 is 17.1 Å². The van der Waals surface area contributed by atoms with Gasteiger partial charge in [-0.25, -0.2) is 9.97 Å². The minimum absolute atomic E-state index is 0. The summed E-state index contributed by atoms with van der Waals surface area (Å²) in [6.07, 6.45) is 9.14. The Bertz CT molecular complexity index is 1860. The standard InChI is InChI=1S/C34H24N4.Fe/c1-2-26-27-17-19-31(37-27)33(22-9-5-3-6-10-22)29-15-13-24(35-29)21-25-14-16-30(36-25)34(23-11-7-4-8-12-23)32-20-18-28(26)38-32;/h3-21H,2H2,1H3;/q-2;+2. The molecular weight excluding hydrogens is 520 g/mol. The summed E-state index contributed by atoms with van der Waals surface area (Å²) >= 11 is 0. The molecule has 2 aromatic carbocycles. The van der Waals surface area contributed by atoms with Crippen molar-refractivity contribution in [1.29, 1.82) is 0 Å². The maximum absolute atomic E-state index is 5.12. The molecule has 0 unspecified atom stereocenters. The zero-order valence-corrected chi connectivity index (χ0v) is 22.4. The summed E-state index contributed by atoms with van der Waals surface area (Å²) in [6.45, 7) is 2.16. The van der Waals surface area contributed by atoms with Crippen LogP contribution in [-0.4, -0.2) is 9.97 Å². The maximum Gasteiger partial charge on any atom is 2.00 e. The molecule has 0 saturated heterocycles. The summed E-state index contributed by atoms with van der Waals surface area (Å²) in [5, 5.41) is 0. The first-order chi connectivity index (χ1) is 18.8. The summed E-state index contributed by atoms with van der Waals surface area (Å²) in [5.74, 6) is 0. The third kappa shape index (κ3) is 4.57. The van der Waals surface area contributed by atoms with E-state index >= 15 is 0 Å². The number of hydrogen-bond donors (Lipinski definition) is 0. The largest absolute Gasteiger partial charge is 2.00 e. The van der Waals surface area contributed by atoms with Crippen molar-refractivity contribution in [3.63, 3.8) is 0 Å². The SMILES string of the molecule is CCc1c2nc(c(-c3ccccc3)c3ccc(cc4nc(c(-c5ccccc5)c5ccc1[n-]5)C=C4)[n-]3)C=C2.[Fe+2]. The normalized spacial score (nSPS) is 11.9. The third-order valence-electron chi connectivity index (χ3n) is 7.02. The van der Waals surface area contributed by atoms with E-state index in [-0.39, 0.29) is 17.1 Å². The van der Waals surface area contributed by atoms with Crippen LogP contribution in [0.3, 0.4) is 0 Å². The van der Waals surface area contributed by atoms with Gasteiger partial charge in [0.15, 0.2) is 0 Å². The molecule has 0 N–H and O–H groups in total. The number of benzene rings is 2. The van der Waals surface area contributed by atoms with Gasteiger partial charge in [-0.3, -0.25) is 0 Å². The molecule has 3 aromatic heterocycles. The van der Waals surface area contributed by atoms with Crippen molar-refractivity contribution in [2.45, 2.75) is 13.3 Å². The Labute approximate surface area is 237 Å². The van der Waals surface area contributed by atoms with E-state index in [0.29, 0.717) is 0 Å². The summed E-state index contributed by atoms with van der Waals surface area (Å²) in [6, 6.07) is 31.1. The molecule has 0 aliphatic carbocycles. The van der Waals surface area contributed by atoms with E-state index < -0.39 is 0 Å². The average Bonchev–Trinajstić information content (AvgIpc) is 3.77. The Hall–Kier alpha value is -4.44. The Kier molecular flexibility index (Phi) is 6.62. The molecule has 0 atom stereocenters. The molecule has 7 rings (SSSR count). The molecule has 5 heteroatoms. The summed E-state index contributed by atoms with van der Waals surface area (Å²) in [4.78, 5) is 20.2. The van der Waals surface area contributed by atoms with Crippen LogP contribution < -0.4 is 9.97 Å². The molecule has 5 heterocycles. The average molecular weight is 544 g/mol. The van der Waals surface area contributed by atoms with Crippen molar-refractivity contribution < 1.29 is 17.1 Å². The van der Waals surface area contributed by atoms with Gasteiger partial charge in [0.25, 0.3) is 0 Å². The number of aryl methyl sites for hydroxylation is 1. The van der Waals surface area contributed by atoms with Gasteiger partial charge in [0.05, 0.1) is 22.8 Å². The molecule has 0 radical (unpaired) electrons. The fourth-order valence-electron chi connectivity index (χ4n) is 5.24. The first kappa shape index (κ1) is 24.9. The molecule has 2 aliphatic heterocycles. The van der Waals surface area contributed by atoms with Crippen molar-refractivity contribution in [2.75, 3.05) is 0 Å². The monoisotopic (exact) mass is 544 g/mol. The predicted octanol–water partition coefficient (Wildman–Crippen LogP) is 7.81. The van der Waals surface area contributed by atoms with Crippen LogP contribution in [0.25, 0.3) is 68.6 Å². The van der Waals surface area contributed by atoms with Gasteiger partial charge in [-0.1, -0.05) is 97.9 Å². The first-order valence-electron chi connectivity index (χ1n) is 12.9. The number of aromatic nitrogens is 4. The fourth-order valence-corrected chi connectivity index (χ4v) is 5.24. The van der Waals surface area contributed by atoms with Crippen LogP contribution in [0.1, 0.15) is 35.3 Å². The van der Waals surface area contributed by atoms with E-state index in [1.165, 1.54) is 0 Å². The van der Waals surface area contributed by atoms with Crippen LogP contribution >= 0.6 is 0 Å². The quantitative estimate of drug-likeness (QED) is 0.213. The number of hydrogen-bond acceptors (Lipinski definition) is 2. The van der Waals surface area contributed by atoms with Crippen LogP contribution in [0.4, 0.5) is 0 Å². The molecule has 39 heavy (non-hydrogen) atoms. The smallest absolute Gasteiger partial charge is 0.657 e. The van der Waals surface area contributed by atoms with Gasteiger partial charge in [0, 0.05) is 0 Å². The molecule has 8 bridgehead atoms. The van der Waals surface area contributed by atoms with Crippen molar-refractivity contribution in [1.82, 2.24) is 19.9 Å². The van der Waals surface area contributed by atoms with Crippen LogP contribution in [0.5, 0.6) is 0 Å². The fraction of sp³-hybridized carbons (Fsp3) is 0.0588.